The summed E-state index contributed by atoms with van der Waals surface area (Å²) in [5, 5.41) is 11.1. The summed E-state index contributed by atoms with van der Waals surface area (Å²) in [7, 11) is 0. The molecule has 1 amide bonds. The van der Waals surface area contributed by atoms with Crippen molar-refractivity contribution in [2.24, 2.45) is 0 Å². The number of halogens is 7. The first-order valence-electron chi connectivity index (χ1n) is 9.33. The molecule has 2 aromatic carbocycles. The van der Waals surface area contributed by atoms with Crippen LogP contribution >= 0.6 is 11.6 Å². The molecule has 2 atom stereocenters. The maximum atomic E-state index is 13.2. The number of hydrogen-bond acceptors (Lipinski definition) is 3. The Morgan fingerprint density at radius 2 is 1.53 bits per heavy atom. The molecule has 1 N–H and O–H groups in total. The highest BCUT2D eigenvalue weighted by Gasteiger charge is 2.40. The van der Waals surface area contributed by atoms with E-state index < -0.39 is 47.1 Å². The number of aliphatic hydroxyl groups is 1. The van der Waals surface area contributed by atoms with Crippen molar-refractivity contribution < 1.29 is 41.0 Å². The van der Waals surface area contributed by atoms with E-state index in [0.717, 1.165) is 4.90 Å². The average molecular weight is 480 g/mol. The Kier molecular flexibility index (Phi) is 6.57. The Morgan fingerprint density at radius 1 is 1.00 bits per heavy atom. The Labute approximate surface area is 183 Å². The smallest absolute Gasteiger partial charge is 0.386 e. The molecule has 2 aromatic rings. The molecule has 0 spiro atoms. The first kappa shape index (κ1) is 24.1. The third kappa shape index (κ3) is 5.24. The molecule has 32 heavy (non-hydrogen) atoms. The normalized spacial score (nSPS) is 18.6. The fourth-order valence-corrected chi connectivity index (χ4v) is 3.64. The van der Waals surface area contributed by atoms with Crippen LogP contribution in [0.3, 0.4) is 0 Å². The second kappa shape index (κ2) is 8.74. The number of carbonyl (C=O) groups excluding carboxylic acids is 2. The van der Waals surface area contributed by atoms with Crippen LogP contribution in [0.15, 0.2) is 42.5 Å². The molecule has 172 valence electrons. The lowest BCUT2D eigenvalue weighted by Gasteiger charge is -2.38. The number of piperidine rings is 1. The zero-order valence-corrected chi connectivity index (χ0v) is 16.9. The average Bonchev–Trinajstić information content (AvgIpc) is 2.71. The first-order chi connectivity index (χ1) is 14.8. The summed E-state index contributed by atoms with van der Waals surface area (Å²) in [4.78, 5) is 25.9. The van der Waals surface area contributed by atoms with E-state index in [9.17, 15) is 41.0 Å². The van der Waals surface area contributed by atoms with Crippen LogP contribution in [-0.4, -0.2) is 34.3 Å². The van der Waals surface area contributed by atoms with Gasteiger partial charge in [-0.15, -0.1) is 0 Å². The first-order valence-corrected chi connectivity index (χ1v) is 9.71. The molecule has 0 unspecified atom stereocenters. The van der Waals surface area contributed by atoms with Crippen molar-refractivity contribution >= 4 is 23.3 Å². The predicted octanol–water partition coefficient (Wildman–Crippen LogP) is 5.28. The molecule has 3 rings (SSSR count). The number of amides is 1. The summed E-state index contributed by atoms with van der Waals surface area (Å²) >= 11 is 5.80. The minimum Gasteiger partial charge on any atom is -0.386 e. The highest BCUT2D eigenvalue weighted by atomic mass is 35.5. The Balaban J connectivity index is 2.01. The topological polar surface area (TPSA) is 57.6 Å². The molecule has 1 saturated heterocycles. The Morgan fingerprint density at radius 3 is 2.03 bits per heavy atom. The second-order valence-corrected chi connectivity index (χ2v) is 7.79. The molecule has 1 aliphatic rings. The van der Waals surface area contributed by atoms with Gasteiger partial charge in [0.1, 0.15) is 5.78 Å². The van der Waals surface area contributed by atoms with E-state index >= 15 is 0 Å². The lowest BCUT2D eigenvalue weighted by Crippen LogP contribution is -2.49. The van der Waals surface area contributed by atoms with Crippen LogP contribution < -0.4 is 0 Å². The van der Waals surface area contributed by atoms with Gasteiger partial charge >= 0.3 is 12.4 Å². The number of rotatable bonds is 3. The summed E-state index contributed by atoms with van der Waals surface area (Å²) in [6.07, 6.45) is -12.1. The van der Waals surface area contributed by atoms with Gasteiger partial charge in [0.25, 0.3) is 5.91 Å². The van der Waals surface area contributed by atoms with Crippen molar-refractivity contribution in [3.05, 3.63) is 69.7 Å². The molecule has 1 fully saturated rings. The van der Waals surface area contributed by atoms with E-state index in [-0.39, 0.29) is 36.8 Å². The van der Waals surface area contributed by atoms with Gasteiger partial charge in [-0.25, -0.2) is 0 Å². The van der Waals surface area contributed by atoms with Crippen molar-refractivity contribution in [1.29, 1.82) is 0 Å². The molecular formula is C21H16ClF6NO3. The molecular weight excluding hydrogens is 464 g/mol. The van der Waals surface area contributed by atoms with Gasteiger partial charge in [0.05, 0.1) is 23.3 Å². The quantitative estimate of drug-likeness (QED) is 0.609. The van der Waals surface area contributed by atoms with Crippen LogP contribution in [-0.2, 0) is 17.1 Å². The van der Waals surface area contributed by atoms with Crippen molar-refractivity contribution in [2.75, 3.05) is 6.54 Å². The van der Waals surface area contributed by atoms with E-state index in [2.05, 4.69) is 0 Å². The number of hydrogen-bond donors (Lipinski definition) is 1. The molecule has 4 nitrogen and oxygen atoms in total. The monoisotopic (exact) mass is 479 g/mol. The van der Waals surface area contributed by atoms with E-state index in [0.29, 0.717) is 17.2 Å². The number of likely N-dealkylation sites (tertiary alicyclic amines) is 1. The van der Waals surface area contributed by atoms with Gasteiger partial charge in [0.2, 0.25) is 0 Å². The van der Waals surface area contributed by atoms with Crippen molar-refractivity contribution in [2.45, 2.75) is 37.3 Å². The molecule has 0 bridgehead atoms. The molecule has 0 aliphatic carbocycles. The van der Waals surface area contributed by atoms with E-state index in [1.54, 1.807) is 0 Å². The Hall–Kier alpha value is -2.59. The number of benzene rings is 2. The van der Waals surface area contributed by atoms with Crippen LogP contribution in [0.4, 0.5) is 26.3 Å². The van der Waals surface area contributed by atoms with Gasteiger partial charge in [0.15, 0.2) is 0 Å². The summed E-state index contributed by atoms with van der Waals surface area (Å²) in [5.41, 5.74) is -3.81. The van der Waals surface area contributed by atoms with Crippen LogP contribution in [0, 0.1) is 0 Å². The van der Waals surface area contributed by atoms with Gasteiger partial charge in [-0.05, 0) is 35.9 Å². The zero-order chi connectivity index (χ0) is 23.8. The van der Waals surface area contributed by atoms with Gasteiger partial charge < -0.3 is 10.0 Å². The van der Waals surface area contributed by atoms with Gasteiger partial charge in [0, 0.05) is 30.0 Å². The zero-order valence-electron chi connectivity index (χ0n) is 16.2. The predicted molar refractivity (Wildman–Crippen MR) is 102 cm³/mol. The Bertz CT molecular complexity index is 987. The number of carbonyl (C=O) groups is 2. The molecule has 0 radical (unpaired) electrons. The second-order valence-electron chi connectivity index (χ2n) is 7.35. The van der Waals surface area contributed by atoms with Crippen LogP contribution in [0.2, 0.25) is 5.02 Å². The lowest BCUT2D eigenvalue weighted by atomic mass is 9.91. The minimum absolute atomic E-state index is 0.0729. The number of alkyl halides is 6. The molecule has 1 aliphatic heterocycles. The SMILES string of the molecule is O=C1CCN(C(=O)c2cc(C(F)(F)F)cc(C(F)(F)F)c2)[C@@H]([C@H](O)c2ccc(Cl)cc2)C1. The summed E-state index contributed by atoms with van der Waals surface area (Å²) in [6, 6.07) is 5.23. The highest BCUT2D eigenvalue weighted by molar-refractivity contribution is 6.30. The number of nitrogens with zero attached hydrogens (tertiary/aromatic N) is 1. The molecule has 0 aromatic heterocycles. The largest absolute Gasteiger partial charge is 0.416 e. The number of aliphatic hydroxyl groups excluding tert-OH is 1. The third-order valence-corrected chi connectivity index (χ3v) is 5.39. The summed E-state index contributed by atoms with van der Waals surface area (Å²) in [6.45, 7) is -0.259. The van der Waals surface area contributed by atoms with Crippen LogP contribution in [0.25, 0.3) is 0 Å². The van der Waals surface area contributed by atoms with Crippen molar-refractivity contribution in [1.82, 2.24) is 4.90 Å². The lowest BCUT2D eigenvalue weighted by molar-refractivity contribution is -0.143. The highest BCUT2D eigenvalue weighted by Crippen LogP contribution is 2.37. The molecule has 11 heteroatoms. The minimum atomic E-state index is -5.11. The summed E-state index contributed by atoms with van der Waals surface area (Å²) in [5.74, 6) is -1.45. The maximum Gasteiger partial charge on any atom is 0.416 e. The van der Waals surface area contributed by atoms with Gasteiger partial charge in [-0.2, -0.15) is 26.3 Å². The summed E-state index contributed by atoms with van der Waals surface area (Å²) < 4.78 is 79.0. The van der Waals surface area contributed by atoms with Crippen molar-refractivity contribution in [3.8, 4) is 0 Å². The van der Waals surface area contributed by atoms with Crippen LogP contribution in [0.1, 0.15) is 46.0 Å². The third-order valence-electron chi connectivity index (χ3n) is 5.14. The van der Waals surface area contributed by atoms with E-state index in [4.69, 9.17) is 11.6 Å². The fraction of sp³-hybridized carbons (Fsp3) is 0.333. The fourth-order valence-electron chi connectivity index (χ4n) is 3.52. The number of Topliss-reactive ketones (excluding diaryl/α,β-unsaturated/α-hetero) is 1. The van der Waals surface area contributed by atoms with Gasteiger partial charge in [-0.1, -0.05) is 23.7 Å². The standard InChI is InChI=1S/C21H16ClF6NO3/c22-15-3-1-11(2-4-15)18(31)17-10-16(30)5-6-29(17)19(32)12-7-13(20(23,24)25)9-14(8-12)21(26,27)28/h1-4,7-9,17-18,31H,5-6,10H2/t17-,18-/m1/s1. The molecule has 0 saturated carbocycles. The van der Waals surface area contributed by atoms with Crippen LogP contribution in [0.5, 0.6) is 0 Å². The molecule has 1 heterocycles. The van der Waals surface area contributed by atoms with Gasteiger partial charge in [-0.3, -0.25) is 9.59 Å². The number of ketones is 1. The maximum absolute atomic E-state index is 13.2. The van der Waals surface area contributed by atoms with E-state index in [1.807, 2.05) is 0 Å². The van der Waals surface area contributed by atoms with E-state index in [1.165, 1.54) is 24.3 Å². The van der Waals surface area contributed by atoms with Crippen molar-refractivity contribution in [3.63, 3.8) is 0 Å².